The normalized spacial score (nSPS) is 11.6. The van der Waals surface area contributed by atoms with Crippen molar-refractivity contribution < 1.29 is 17.4 Å². The van der Waals surface area contributed by atoms with E-state index in [0.717, 1.165) is 5.39 Å². The molecule has 87 valence electrons. The van der Waals surface area contributed by atoms with E-state index in [4.69, 9.17) is 8.97 Å². The van der Waals surface area contributed by atoms with Gasteiger partial charge in [-0.05, 0) is 24.3 Å². The van der Waals surface area contributed by atoms with Gasteiger partial charge < -0.3 is 4.42 Å². The van der Waals surface area contributed by atoms with E-state index in [0.29, 0.717) is 16.6 Å². The Morgan fingerprint density at radius 1 is 0.944 bits per heavy atom. The van der Waals surface area contributed by atoms with Crippen LogP contribution in [0.25, 0.3) is 21.9 Å². The van der Waals surface area contributed by atoms with Crippen molar-refractivity contribution in [2.24, 2.45) is 0 Å². The minimum atomic E-state index is -4.18. The average molecular weight is 271 g/mol. The number of benzene rings is 2. The molecule has 1 heterocycles. The Hall–Kier alpha value is -0.850. The molecule has 0 fully saturated rings. The molecule has 0 amide bonds. The summed E-state index contributed by atoms with van der Waals surface area (Å²) in [7, 11) is -4.18. The van der Waals surface area contributed by atoms with Crippen LogP contribution in [0.2, 0.25) is 0 Å². The first-order chi connectivity index (χ1) is 8.05. The first-order valence-electron chi connectivity index (χ1n) is 4.94. The van der Waals surface area contributed by atoms with Gasteiger partial charge in [-0.25, -0.2) is 0 Å². The summed E-state index contributed by atoms with van der Waals surface area (Å²) in [4.78, 5) is -0.128. The SMILES string of the molecule is O=S(=O)(O)c1ccc2oc3ccccc3c2c1.[Na]. The van der Waals surface area contributed by atoms with E-state index in [1.807, 2.05) is 24.3 Å². The van der Waals surface area contributed by atoms with Crippen LogP contribution in [0.4, 0.5) is 0 Å². The second-order valence-corrected chi connectivity index (χ2v) is 5.15. The van der Waals surface area contributed by atoms with Crippen molar-refractivity contribution in [3.8, 4) is 0 Å². The van der Waals surface area contributed by atoms with Gasteiger partial charge in [0.05, 0.1) is 4.90 Å². The van der Waals surface area contributed by atoms with Crippen molar-refractivity contribution in [3.05, 3.63) is 42.5 Å². The fourth-order valence-corrected chi connectivity index (χ4v) is 2.37. The Kier molecular flexibility index (Phi) is 3.53. The van der Waals surface area contributed by atoms with Crippen LogP contribution in [-0.4, -0.2) is 42.5 Å². The van der Waals surface area contributed by atoms with E-state index in [9.17, 15) is 8.42 Å². The number of hydrogen-bond acceptors (Lipinski definition) is 3. The summed E-state index contributed by atoms with van der Waals surface area (Å²) in [5, 5.41) is 1.50. The summed E-state index contributed by atoms with van der Waals surface area (Å²) in [6.07, 6.45) is 0. The number of fused-ring (bicyclic) bond motifs is 3. The van der Waals surface area contributed by atoms with Gasteiger partial charge in [0.2, 0.25) is 0 Å². The van der Waals surface area contributed by atoms with Crippen LogP contribution in [0.3, 0.4) is 0 Å². The molecule has 0 saturated carbocycles. The molecule has 18 heavy (non-hydrogen) atoms. The second-order valence-electron chi connectivity index (χ2n) is 3.73. The molecular weight excluding hydrogens is 263 g/mol. The van der Waals surface area contributed by atoms with Gasteiger partial charge >= 0.3 is 0 Å². The Morgan fingerprint density at radius 3 is 2.33 bits per heavy atom. The molecule has 0 aliphatic carbocycles. The van der Waals surface area contributed by atoms with Gasteiger partial charge in [0.1, 0.15) is 11.2 Å². The standard InChI is InChI=1S/C12H8O4S.Na/c13-17(14,15)8-5-6-12-10(7-8)9-3-1-2-4-11(9)16-12;/h1-7H,(H,13,14,15);. The van der Waals surface area contributed by atoms with E-state index in [1.54, 1.807) is 6.07 Å². The Balaban J connectivity index is 0.00000120. The maximum atomic E-state index is 11.1. The molecule has 4 nitrogen and oxygen atoms in total. The van der Waals surface area contributed by atoms with Crippen LogP contribution < -0.4 is 0 Å². The van der Waals surface area contributed by atoms with Crippen molar-refractivity contribution in [1.29, 1.82) is 0 Å². The first-order valence-corrected chi connectivity index (χ1v) is 6.38. The molecule has 0 atom stereocenters. The maximum Gasteiger partial charge on any atom is 0.294 e. The summed E-state index contributed by atoms with van der Waals surface area (Å²) in [5.41, 5.74) is 1.29. The largest absolute Gasteiger partial charge is 0.456 e. The van der Waals surface area contributed by atoms with E-state index in [-0.39, 0.29) is 34.5 Å². The van der Waals surface area contributed by atoms with Crippen LogP contribution in [0.5, 0.6) is 0 Å². The minimum absolute atomic E-state index is 0. The van der Waals surface area contributed by atoms with Gasteiger partial charge in [0, 0.05) is 40.3 Å². The van der Waals surface area contributed by atoms with Crippen LogP contribution >= 0.6 is 0 Å². The summed E-state index contributed by atoms with van der Waals surface area (Å²) < 4.78 is 36.7. The molecule has 1 radical (unpaired) electrons. The van der Waals surface area contributed by atoms with Crippen LogP contribution in [0.1, 0.15) is 0 Å². The Bertz CT molecular complexity index is 820. The third-order valence-electron chi connectivity index (χ3n) is 2.65. The van der Waals surface area contributed by atoms with Crippen molar-refractivity contribution in [3.63, 3.8) is 0 Å². The third-order valence-corrected chi connectivity index (χ3v) is 3.50. The van der Waals surface area contributed by atoms with Crippen molar-refractivity contribution in [1.82, 2.24) is 0 Å². The van der Waals surface area contributed by atoms with E-state index in [1.165, 1.54) is 12.1 Å². The molecule has 3 aromatic rings. The summed E-state index contributed by atoms with van der Waals surface area (Å²) in [6, 6.07) is 11.6. The van der Waals surface area contributed by atoms with Gasteiger partial charge in [-0.3, -0.25) is 4.55 Å². The number of hydrogen-bond donors (Lipinski definition) is 1. The zero-order valence-electron chi connectivity index (χ0n) is 9.62. The van der Waals surface area contributed by atoms with Gasteiger partial charge in [0.25, 0.3) is 10.1 Å². The average Bonchev–Trinajstić information content (AvgIpc) is 2.65. The van der Waals surface area contributed by atoms with Crippen LogP contribution in [0, 0.1) is 0 Å². The molecule has 0 spiro atoms. The van der Waals surface area contributed by atoms with Crippen molar-refractivity contribution in [2.45, 2.75) is 4.90 Å². The molecule has 0 aliphatic rings. The molecule has 3 rings (SSSR count). The van der Waals surface area contributed by atoms with Gasteiger partial charge in [-0.2, -0.15) is 8.42 Å². The molecule has 0 unspecified atom stereocenters. The zero-order chi connectivity index (χ0) is 12.0. The molecule has 0 saturated heterocycles. The third kappa shape index (κ3) is 2.20. The predicted molar refractivity (Wildman–Crippen MR) is 69.3 cm³/mol. The number of rotatable bonds is 1. The molecule has 1 aromatic heterocycles. The topological polar surface area (TPSA) is 67.5 Å². The fourth-order valence-electron chi connectivity index (χ4n) is 1.87. The van der Waals surface area contributed by atoms with Gasteiger partial charge in [-0.1, -0.05) is 18.2 Å². The summed E-state index contributed by atoms with van der Waals surface area (Å²) >= 11 is 0. The van der Waals surface area contributed by atoms with Crippen molar-refractivity contribution >= 4 is 61.6 Å². The zero-order valence-corrected chi connectivity index (χ0v) is 12.4. The maximum absolute atomic E-state index is 11.1. The number of para-hydroxylation sites is 1. The smallest absolute Gasteiger partial charge is 0.294 e. The quantitative estimate of drug-likeness (QED) is 0.545. The molecule has 1 N–H and O–H groups in total. The predicted octanol–water partition coefficient (Wildman–Crippen LogP) is 2.45. The summed E-state index contributed by atoms with van der Waals surface area (Å²) in [6.45, 7) is 0. The minimum Gasteiger partial charge on any atom is -0.456 e. The van der Waals surface area contributed by atoms with E-state index < -0.39 is 10.1 Å². The van der Waals surface area contributed by atoms with Crippen molar-refractivity contribution in [2.75, 3.05) is 0 Å². The van der Waals surface area contributed by atoms with Gasteiger partial charge in [0.15, 0.2) is 0 Å². The Morgan fingerprint density at radius 2 is 1.61 bits per heavy atom. The van der Waals surface area contributed by atoms with E-state index >= 15 is 0 Å². The molecular formula is C12H8NaO4S. The molecule has 0 aliphatic heterocycles. The summed E-state index contributed by atoms with van der Waals surface area (Å²) in [5.74, 6) is 0. The van der Waals surface area contributed by atoms with Crippen LogP contribution in [0.15, 0.2) is 51.8 Å². The molecule has 2 aromatic carbocycles. The van der Waals surface area contributed by atoms with Crippen LogP contribution in [-0.2, 0) is 10.1 Å². The number of furan rings is 1. The Labute approximate surface area is 126 Å². The molecule has 6 heteroatoms. The second kappa shape index (κ2) is 4.68. The molecule has 0 bridgehead atoms. The first kappa shape index (κ1) is 13.6. The monoisotopic (exact) mass is 271 g/mol. The van der Waals surface area contributed by atoms with E-state index in [2.05, 4.69) is 0 Å². The fraction of sp³-hybridized carbons (Fsp3) is 0. The van der Waals surface area contributed by atoms with Gasteiger partial charge in [-0.15, -0.1) is 0 Å².